The average molecular weight is 420 g/mol. The summed E-state index contributed by atoms with van der Waals surface area (Å²) in [5.74, 6) is -2.61. The van der Waals surface area contributed by atoms with Crippen molar-refractivity contribution in [3.8, 4) is 0 Å². The van der Waals surface area contributed by atoms with E-state index in [0.29, 0.717) is 5.69 Å². The summed E-state index contributed by atoms with van der Waals surface area (Å²) in [6, 6.07) is 11.0. The van der Waals surface area contributed by atoms with Gasteiger partial charge in [-0.25, -0.2) is 5.43 Å². The maximum Gasteiger partial charge on any atom is 0.416 e. The molecule has 0 aromatic heterocycles. The van der Waals surface area contributed by atoms with Crippen molar-refractivity contribution < 1.29 is 27.6 Å². The molecule has 0 heterocycles. The number of aryl methyl sites for hydroxylation is 1. The maximum absolute atomic E-state index is 12.7. The molecule has 0 fully saturated rings. The fourth-order valence-electron chi connectivity index (χ4n) is 2.27. The first kappa shape index (κ1) is 22.6. The zero-order valence-corrected chi connectivity index (χ0v) is 16.1. The molecular weight excluding hydrogens is 401 g/mol. The lowest BCUT2D eigenvalue weighted by Gasteiger charge is -2.10. The largest absolute Gasteiger partial charge is 0.416 e. The first-order valence-corrected chi connectivity index (χ1v) is 8.73. The van der Waals surface area contributed by atoms with Gasteiger partial charge in [0, 0.05) is 17.1 Å². The summed E-state index contributed by atoms with van der Waals surface area (Å²) in [4.78, 5) is 35.6. The van der Waals surface area contributed by atoms with Crippen LogP contribution < -0.4 is 16.1 Å². The number of nitrogens with zero attached hydrogens (tertiary/aromatic N) is 1. The topological polar surface area (TPSA) is 99.7 Å². The number of nitrogens with one attached hydrogen (secondary N) is 3. The quantitative estimate of drug-likeness (QED) is 0.392. The number of alkyl halides is 3. The molecule has 0 atom stereocenters. The van der Waals surface area contributed by atoms with E-state index >= 15 is 0 Å². The van der Waals surface area contributed by atoms with Crippen molar-refractivity contribution in [3.05, 3.63) is 59.7 Å². The van der Waals surface area contributed by atoms with Gasteiger partial charge in [0.05, 0.1) is 12.0 Å². The first-order valence-electron chi connectivity index (χ1n) is 8.73. The maximum atomic E-state index is 12.7. The highest BCUT2D eigenvalue weighted by molar-refractivity contribution is 6.39. The van der Waals surface area contributed by atoms with E-state index in [1.165, 1.54) is 19.1 Å². The van der Waals surface area contributed by atoms with Crippen LogP contribution in [0.3, 0.4) is 0 Å². The van der Waals surface area contributed by atoms with Gasteiger partial charge in [0.25, 0.3) is 0 Å². The SMILES string of the molecule is C/C(CC(=O)Nc1cccc(C(F)(F)F)c1)=N/NC(=O)C(=O)Nc1ccc(C)cc1. The van der Waals surface area contributed by atoms with E-state index in [1.807, 2.05) is 12.3 Å². The van der Waals surface area contributed by atoms with Crippen LogP contribution in [-0.4, -0.2) is 23.4 Å². The lowest BCUT2D eigenvalue weighted by atomic mass is 10.2. The summed E-state index contributed by atoms with van der Waals surface area (Å²) < 4.78 is 38.1. The zero-order chi connectivity index (χ0) is 22.3. The summed E-state index contributed by atoms with van der Waals surface area (Å²) in [6.07, 6.45) is -4.82. The van der Waals surface area contributed by atoms with Crippen LogP contribution in [0.2, 0.25) is 0 Å². The number of hydrazone groups is 1. The third kappa shape index (κ3) is 7.04. The normalized spacial score (nSPS) is 11.6. The van der Waals surface area contributed by atoms with Crippen molar-refractivity contribution in [3.63, 3.8) is 0 Å². The van der Waals surface area contributed by atoms with Crippen LogP contribution in [0.4, 0.5) is 24.5 Å². The van der Waals surface area contributed by atoms with Crippen molar-refractivity contribution in [2.75, 3.05) is 10.6 Å². The van der Waals surface area contributed by atoms with Gasteiger partial charge in [-0.3, -0.25) is 14.4 Å². The minimum Gasteiger partial charge on any atom is -0.326 e. The fourth-order valence-corrected chi connectivity index (χ4v) is 2.27. The molecule has 3 amide bonds. The lowest BCUT2D eigenvalue weighted by Crippen LogP contribution is -2.33. The lowest BCUT2D eigenvalue weighted by molar-refractivity contribution is -0.137. The van der Waals surface area contributed by atoms with Crippen molar-refractivity contribution >= 4 is 34.8 Å². The smallest absolute Gasteiger partial charge is 0.326 e. The molecule has 0 aliphatic carbocycles. The molecule has 7 nitrogen and oxygen atoms in total. The van der Waals surface area contributed by atoms with E-state index in [1.54, 1.807) is 24.3 Å². The molecule has 0 saturated carbocycles. The number of anilines is 2. The number of amides is 3. The summed E-state index contributed by atoms with van der Waals surface area (Å²) in [5, 5.41) is 8.37. The average Bonchev–Trinajstić information content (AvgIpc) is 2.67. The van der Waals surface area contributed by atoms with E-state index in [4.69, 9.17) is 0 Å². The number of benzene rings is 2. The molecule has 0 aliphatic heterocycles. The van der Waals surface area contributed by atoms with Crippen molar-refractivity contribution in [2.45, 2.75) is 26.4 Å². The monoisotopic (exact) mass is 420 g/mol. The molecule has 0 aliphatic rings. The number of carbonyl (C=O) groups is 3. The number of carbonyl (C=O) groups excluding carboxylic acids is 3. The predicted octanol–water partition coefficient (Wildman–Crippen LogP) is 3.47. The summed E-state index contributed by atoms with van der Waals surface area (Å²) >= 11 is 0. The molecule has 158 valence electrons. The first-order chi connectivity index (χ1) is 14.0. The van der Waals surface area contributed by atoms with Gasteiger partial charge in [-0.15, -0.1) is 0 Å². The number of hydrogen-bond acceptors (Lipinski definition) is 4. The number of rotatable bonds is 5. The van der Waals surface area contributed by atoms with Crippen LogP contribution in [0.5, 0.6) is 0 Å². The van der Waals surface area contributed by atoms with Crippen LogP contribution in [0.25, 0.3) is 0 Å². The third-order valence-corrected chi connectivity index (χ3v) is 3.75. The Balaban J connectivity index is 1.86. The van der Waals surface area contributed by atoms with E-state index in [9.17, 15) is 27.6 Å². The van der Waals surface area contributed by atoms with Crippen LogP contribution in [0.1, 0.15) is 24.5 Å². The van der Waals surface area contributed by atoms with Gasteiger partial charge < -0.3 is 10.6 Å². The summed E-state index contributed by atoms with van der Waals surface area (Å²) in [6.45, 7) is 3.29. The molecule has 0 spiro atoms. The molecule has 2 aromatic carbocycles. The predicted molar refractivity (Wildman–Crippen MR) is 106 cm³/mol. The summed E-state index contributed by atoms with van der Waals surface area (Å²) in [5.41, 5.74) is 2.67. The second kappa shape index (κ2) is 9.68. The molecule has 2 rings (SSSR count). The van der Waals surface area contributed by atoms with Gasteiger partial charge in [-0.1, -0.05) is 23.8 Å². The van der Waals surface area contributed by atoms with Gasteiger partial charge in [0.1, 0.15) is 0 Å². The molecule has 30 heavy (non-hydrogen) atoms. The molecule has 0 saturated heterocycles. The number of halogens is 3. The van der Waals surface area contributed by atoms with E-state index in [-0.39, 0.29) is 17.8 Å². The molecule has 0 unspecified atom stereocenters. The van der Waals surface area contributed by atoms with Gasteiger partial charge >= 0.3 is 18.0 Å². The summed E-state index contributed by atoms with van der Waals surface area (Å²) in [7, 11) is 0. The Morgan fingerprint density at radius 1 is 0.933 bits per heavy atom. The fraction of sp³-hybridized carbons (Fsp3) is 0.200. The highest BCUT2D eigenvalue weighted by atomic mass is 19.4. The van der Waals surface area contributed by atoms with Crippen LogP contribution >= 0.6 is 0 Å². The second-order valence-electron chi connectivity index (χ2n) is 6.41. The minimum atomic E-state index is -4.53. The highest BCUT2D eigenvalue weighted by Crippen LogP contribution is 2.30. The highest BCUT2D eigenvalue weighted by Gasteiger charge is 2.30. The molecule has 10 heteroatoms. The van der Waals surface area contributed by atoms with Gasteiger partial charge in [0.2, 0.25) is 5.91 Å². The molecule has 2 aromatic rings. The van der Waals surface area contributed by atoms with Crippen LogP contribution in [0.15, 0.2) is 53.6 Å². The van der Waals surface area contributed by atoms with E-state index in [2.05, 4.69) is 15.7 Å². The molecular formula is C20H19F3N4O3. The number of hydrogen-bond donors (Lipinski definition) is 3. The second-order valence-corrected chi connectivity index (χ2v) is 6.41. The molecule has 0 radical (unpaired) electrons. The standard InChI is InChI=1S/C20H19F3N4O3/c1-12-6-8-15(9-7-12)25-18(29)19(30)27-26-13(2)10-17(28)24-16-5-3-4-14(11-16)20(21,22)23/h3-9,11H,10H2,1-2H3,(H,24,28)(H,25,29)(H,27,30)/b26-13-. The Labute approximate surface area is 170 Å². The Morgan fingerprint density at radius 2 is 1.60 bits per heavy atom. The van der Waals surface area contributed by atoms with Gasteiger partial charge in [0.15, 0.2) is 0 Å². The Morgan fingerprint density at radius 3 is 2.23 bits per heavy atom. The molecule has 0 bridgehead atoms. The van der Waals surface area contributed by atoms with Crippen LogP contribution in [-0.2, 0) is 20.6 Å². The van der Waals surface area contributed by atoms with Gasteiger partial charge in [-0.05, 0) is 44.2 Å². The molecule has 3 N–H and O–H groups in total. The Bertz CT molecular complexity index is 970. The van der Waals surface area contributed by atoms with Crippen molar-refractivity contribution in [2.24, 2.45) is 5.10 Å². The Kier molecular flexibility index (Phi) is 7.29. The van der Waals surface area contributed by atoms with Gasteiger partial charge in [-0.2, -0.15) is 18.3 Å². The van der Waals surface area contributed by atoms with Crippen LogP contribution in [0, 0.1) is 6.92 Å². The zero-order valence-electron chi connectivity index (χ0n) is 16.1. The van der Waals surface area contributed by atoms with E-state index < -0.39 is 29.5 Å². The Hall–Kier alpha value is -3.69. The van der Waals surface area contributed by atoms with Crippen molar-refractivity contribution in [1.82, 2.24) is 5.43 Å². The van der Waals surface area contributed by atoms with Crippen molar-refractivity contribution in [1.29, 1.82) is 0 Å². The van der Waals surface area contributed by atoms with E-state index in [0.717, 1.165) is 17.7 Å². The third-order valence-electron chi connectivity index (χ3n) is 3.75. The minimum absolute atomic E-state index is 0.0239.